The van der Waals surface area contributed by atoms with E-state index in [9.17, 15) is 0 Å². The number of methoxy groups -OCH3 is 1. The molecule has 1 rings (SSSR count). The van der Waals surface area contributed by atoms with Crippen molar-refractivity contribution in [1.82, 2.24) is 0 Å². The molecule has 3 heteroatoms. The number of nitrogen functional groups attached to an aromatic ring is 1. The van der Waals surface area contributed by atoms with Crippen LogP contribution in [0.25, 0.3) is 0 Å². The van der Waals surface area contributed by atoms with Crippen molar-refractivity contribution in [3.05, 3.63) is 24.3 Å². The van der Waals surface area contributed by atoms with Gasteiger partial charge in [-0.2, -0.15) is 0 Å². The van der Waals surface area contributed by atoms with Crippen LogP contribution in [0.4, 0.5) is 11.4 Å². The van der Waals surface area contributed by atoms with Crippen LogP contribution in [0, 0.1) is 0 Å². The van der Waals surface area contributed by atoms with Gasteiger partial charge in [0.25, 0.3) is 0 Å². The summed E-state index contributed by atoms with van der Waals surface area (Å²) in [5.41, 5.74) is 7.48. The first-order valence-electron chi connectivity index (χ1n) is 4.41. The quantitative estimate of drug-likeness (QED) is 0.535. The van der Waals surface area contributed by atoms with Gasteiger partial charge < -0.3 is 15.8 Å². The fraction of sp³-hybridized carbons (Fsp3) is 0.400. The zero-order valence-electron chi connectivity index (χ0n) is 7.92. The van der Waals surface area contributed by atoms with Crippen LogP contribution in [0.5, 0.6) is 0 Å². The molecule has 0 heterocycles. The molecule has 0 atom stereocenters. The van der Waals surface area contributed by atoms with Gasteiger partial charge in [-0.25, -0.2) is 0 Å². The van der Waals surface area contributed by atoms with Crippen molar-refractivity contribution >= 4 is 11.4 Å². The second-order valence-electron chi connectivity index (χ2n) is 2.90. The highest BCUT2D eigenvalue weighted by molar-refractivity contribution is 5.53. The van der Waals surface area contributed by atoms with E-state index in [4.69, 9.17) is 10.5 Å². The summed E-state index contributed by atoms with van der Waals surface area (Å²) in [4.78, 5) is 0. The Balaban J connectivity index is 2.28. The molecule has 0 aromatic heterocycles. The van der Waals surface area contributed by atoms with Gasteiger partial charge >= 0.3 is 0 Å². The number of nitrogens with one attached hydrogen (secondary N) is 1. The maximum atomic E-state index is 5.62. The minimum Gasteiger partial charge on any atom is -0.399 e. The average Bonchev–Trinajstić information content (AvgIpc) is 2.13. The Kier molecular flexibility index (Phi) is 4.12. The summed E-state index contributed by atoms with van der Waals surface area (Å²) in [6.07, 6.45) is 1.01. The Morgan fingerprint density at radius 1 is 1.46 bits per heavy atom. The Morgan fingerprint density at radius 3 is 3.00 bits per heavy atom. The van der Waals surface area contributed by atoms with Crippen molar-refractivity contribution in [2.75, 3.05) is 31.3 Å². The van der Waals surface area contributed by atoms with Crippen LogP contribution in [-0.2, 0) is 4.74 Å². The van der Waals surface area contributed by atoms with E-state index in [0.29, 0.717) is 0 Å². The SMILES string of the molecule is COCCCNc1cccc(N)c1. The molecule has 0 radical (unpaired) electrons. The van der Waals surface area contributed by atoms with Crippen molar-refractivity contribution in [2.24, 2.45) is 0 Å². The van der Waals surface area contributed by atoms with Gasteiger partial charge in [0, 0.05) is 31.6 Å². The Labute approximate surface area is 78.9 Å². The van der Waals surface area contributed by atoms with Crippen LogP contribution in [0.1, 0.15) is 6.42 Å². The lowest BCUT2D eigenvalue weighted by atomic mass is 10.3. The van der Waals surface area contributed by atoms with E-state index < -0.39 is 0 Å². The second-order valence-corrected chi connectivity index (χ2v) is 2.90. The minimum atomic E-state index is 0.787. The summed E-state index contributed by atoms with van der Waals surface area (Å²) in [5.74, 6) is 0. The number of anilines is 2. The average molecular weight is 180 g/mol. The largest absolute Gasteiger partial charge is 0.399 e. The summed E-state index contributed by atoms with van der Waals surface area (Å²) in [5, 5.41) is 3.26. The van der Waals surface area contributed by atoms with Crippen LogP contribution in [0.3, 0.4) is 0 Å². The molecular formula is C10H16N2O. The Morgan fingerprint density at radius 2 is 2.31 bits per heavy atom. The standard InChI is InChI=1S/C10H16N2O/c1-13-7-3-6-12-10-5-2-4-9(11)8-10/h2,4-5,8,12H,3,6-7,11H2,1H3. The fourth-order valence-electron chi connectivity index (χ4n) is 1.10. The third kappa shape index (κ3) is 3.80. The first-order chi connectivity index (χ1) is 6.33. The predicted molar refractivity (Wildman–Crippen MR) is 55.8 cm³/mol. The molecule has 0 aliphatic rings. The van der Waals surface area contributed by atoms with Gasteiger partial charge in [0.1, 0.15) is 0 Å². The molecule has 0 bridgehead atoms. The molecule has 3 nitrogen and oxygen atoms in total. The molecule has 0 saturated carbocycles. The van der Waals surface area contributed by atoms with E-state index in [2.05, 4.69) is 5.32 Å². The maximum absolute atomic E-state index is 5.62. The van der Waals surface area contributed by atoms with Gasteiger partial charge in [-0.05, 0) is 24.6 Å². The highest BCUT2D eigenvalue weighted by Crippen LogP contribution is 2.11. The molecule has 13 heavy (non-hydrogen) atoms. The first kappa shape index (κ1) is 9.86. The Hall–Kier alpha value is -1.22. The number of rotatable bonds is 5. The third-order valence-electron chi connectivity index (χ3n) is 1.74. The zero-order chi connectivity index (χ0) is 9.52. The molecular weight excluding hydrogens is 164 g/mol. The van der Waals surface area contributed by atoms with Gasteiger partial charge in [-0.3, -0.25) is 0 Å². The lowest BCUT2D eigenvalue weighted by Crippen LogP contribution is -2.04. The van der Waals surface area contributed by atoms with Crippen LogP contribution in [-0.4, -0.2) is 20.3 Å². The number of benzene rings is 1. The van der Waals surface area contributed by atoms with Crippen LogP contribution >= 0.6 is 0 Å². The first-order valence-corrected chi connectivity index (χ1v) is 4.41. The summed E-state index contributed by atoms with van der Waals surface area (Å²) in [7, 11) is 1.71. The molecule has 1 aromatic carbocycles. The molecule has 0 aliphatic carbocycles. The van der Waals surface area contributed by atoms with Crippen molar-refractivity contribution in [3.8, 4) is 0 Å². The van der Waals surface area contributed by atoms with E-state index >= 15 is 0 Å². The molecule has 0 saturated heterocycles. The highest BCUT2D eigenvalue weighted by atomic mass is 16.5. The monoisotopic (exact) mass is 180 g/mol. The van der Waals surface area contributed by atoms with Gasteiger partial charge in [0.15, 0.2) is 0 Å². The molecule has 72 valence electrons. The van der Waals surface area contributed by atoms with Crippen molar-refractivity contribution < 1.29 is 4.74 Å². The second kappa shape index (κ2) is 5.43. The van der Waals surface area contributed by atoms with E-state index in [0.717, 1.165) is 30.9 Å². The number of ether oxygens (including phenoxy) is 1. The van der Waals surface area contributed by atoms with Crippen molar-refractivity contribution in [3.63, 3.8) is 0 Å². The number of nitrogens with two attached hydrogens (primary N) is 1. The molecule has 1 aromatic rings. The van der Waals surface area contributed by atoms with Crippen LogP contribution in [0.15, 0.2) is 24.3 Å². The predicted octanol–water partition coefficient (Wildman–Crippen LogP) is 1.72. The number of hydrogen-bond acceptors (Lipinski definition) is 3. The molecule has 0 aliphatic heterocycles. The smallest absolute Gasteiger partial charge is 0.0479 e. The lowest BCUT2D eigenvalue weighted by molar-refractivity contribution is 0.198. The van der Waals surface area contributed by atoms with E-state index in [1.807, 2.05) is 24.3 Å². The fourth-order valence-corrected chi connectivity index (χ4v) is 1.10. The van der Waals surface area contributed by atoms with Gasteiger partial charge in [0.05, 0.1) is 0 Å². The van der Waals surface area contributed by atoms with Crippen molar-refractivity contribution in [2.45, 2.75) is 6.42 Å². The van der Waals surface area contributed by atoms with Crippen LogP contribution in [0.2, 0.25) is 0 Å². The summed E-state index contributed by atoms with van der Waals surface area (Å²) < 4.78 is 4.94. The number of hydrogen-bond donors (Lipinski definition) is 2. The van der Waals surface area contributed by atoms with Gasteiger partial charge in [-0.1, -0.05) is 6.07 Å². The summed E-state index contributed by atoms with van der Waals surface area (Å²) in [6.45, 7) is 1.70. The molecule has 0 fully saturated rings. The molecule has 0 unspecified atom stereocenters. The van der Waals surface area contributed by atoms with E-state index in [1.54, 1.807) is 7.11 Å². The van der Waals surface area contributed by atoms with Gasteiger partial charge in [0.2, 0.25) is 0 Å². The summed E-state index contributed by atoms with van der Waals surface area (Å²) in [6, 6.07) is 7.74. The van der Waals surface area contributed by atoms with E-state index in [-0.39, 0.29) is 0 Å². The molecule has 0 spiro atoms. The third-order valence-corrected chi connectivity index (χ3v) is 1.74. The molecule has 3 N–H and O–H groups in total. The van der Waals surface area contributed by atoms with Crippen LogP contribution < -0.4 is 11.1 Å². The topological polar surface area (TPSA) is 47.3 Å². The zero-order valence-corrected chi connectivity index (χ0v) is 7.92. The summed E-state index contributed by atoms with van der Waals surface area (Å²) >= 11 is 0. The van der Waals surface area contributed by atoms with E-state index in [1.165, 1.54) is 0 Å². The minimum absolute atomic E-state index is 0.787. The van der Waals surface area contributed by atoms with Gasteiger partial charge in [-0.15, -0.1) is 0 Å². The maximum Gasteiger partial charge on any atom is 0.0479 e. The lowest BCUT2D eigenvalue weighted by Gasteiger charge is -2.05. The van der Waals surface area contributed by atoms with Crippen molar-refractivity contribution in [1.29, 1.82) is 0 Å². The normalized spacial score (nSPS) is 9.92. The Bertz CT molecular complexity index is 250. The highest BCUT2D eigenvalue weighted by Gasteiger charge is 1.91. The molecule has 0 amide bonds.